The van der Waals surface area contributed by atoms with E-state index in [2.05, 4.69) is 0 Å². The summed E-state index contributed by atoms with van der Waals surface area (Å²) in [5, 5.41) is 0. The van der Waals surface area contributed by atoms with E-state index in [0.717, 1.165) is 25.7 Å². The Morgan fingerprint density at radius 1 is 0.957 bits per heavy atom. The first-order valence-electron chi connectivity index (χ1n) is 8.01. The van der Waals surface area contributed by atoms with Gasteiger partial charge in [0.2, 0.25) is 12.3 Å². The second-order valence-electron chi connectivity index (χ2n) is 5.86. The fourth-order valence-electron chi connectivity index (χ4n) is 2.81. The van der Waals surface area contributed by atoms with Crippen molar-refractivity contribution in [1.82, 2.24) is 0 Å². The van der Waals surface area contributed by atoms with E-state index in [1.807, 2.05) is 18.2 Å². The van der Waals surface area contributed by atoms with Crippen LogP contribution in [0.2, 0.25) is 0 Å². The van der Waals surface area contributed by atoms with Crippen LogP contribution in [0.15, 0.2) is 54.9 Å². The Hall–Kier alpha value is -2.49. The Morgan fingerprint density at radius 2 is 1.61 bits per heavy atom. The predicted molar refractivity (Wildman–Crippen MR) is 85.1 cm³/mol. The molecule has 0 spiro atoms. The molecule has 1 aliphatic rings. The van der Waals surface area contributed by atoms with Crippen molar-refractivity contribution in [2.75, 3.05) is 0 Å². The molecule has 0 bridgehead atoms. The van der Waals surface area contributed by atoms with Gasteiger partial charge in [0, 0.05) is 17.7 Å². The molecule has 0 saturated heterocycles. The van der Waals surface area contributed by atoms with Gasteiger partial charge in [0.15, 0.2) is 12.4 Å². The summed E-state index contributed by atoms with van der Waals surface area (Å²) < 4.78 is 7.24. The molecule has 4 nitrogen and oxygen atoms in total. The first kappa shape index (κ1) is 15.4. The standard InChI is InChI=1S/C19H20NO3/c21-18(15-6-2-1-3-7-15)14-20-12-10-16(11-13-20)19(22)23-17-8-4-5-9-17/h1-3,6-7,10-13,17H,4-5,8-9,14H2/q+1. The fourth-order valence-corrected chi connectivity index (χ4v) is 2.81. The van der Waals surface area contributed by atoms with E-state index in [-0.39, 0.29) is 24.4 Å². The lowest BCUT2D eigenvalue weighted by atomic mass is 10.1. The Balaban J connectivity index is 1.60. The van der Waals surface area contributed by atoms with Gasteiger partial charge in [-0.1, -0.05) is 30.3 Å². The Kier molecular flexibility index (Phi) is 4.81. The highest BCUT2D eigenvalue weighted by Crippen LogP contribution is 2.21. The number of esters is 1. The summed E-state index contributed by atoms with van der Waals surface area (Å²) in [6, 6.07) is 12.6. The van der Waals surface area contributed by atoms with Crippen molar-refractivity contribution < 1.29 is 18.9 Å². The number of hydrogen-bond acceptors (Lipinski definition) is 3. The molecule has 1 saturated carbocycles. The van der Waals surface area contributed by atoms with E-state index in [0.29, 0.717) is 11.1 Å². The zero-order chi connectivity index (χ0) is 16.1. The maximum Gasteiger partial charge on any atom is 0.338 e. The number of rotatable bonds is 5. The van der Waals surface area contributed by atoms with Crippen LogP contribution in [0.1, 0.15) is 46.4 Å². The molecule has 1 fully saturated rings. The second kappa shape index (κ2) is 7.18. The molecule has 1 aliphatic carbocycles. The Labute approximate surface area is 135 Å². The molecule has 1 heterocycles. The van der Waals surface area contributed by atoms with Crippen molar-refractivity contribution in [1.29, 1.82) is 0 Å². The second-order valence-corrected chi connectivity index (χ2v) is 5.86. The number of nitrogens with zero attached hydrogens (tertiary/aromatic N) is 1. The molecule has 1 aromatic heterocycles. The smallest absolute Gasteiger partial charge is 0.338 e. The zero-order valence-electron chi connectivity index (χ0n) is 13.0. The summed E-state index contributed by atoms with van der Waals surface area (Å²) in [6.07, 6.45) is 7.74. The van der Waals surface area contributed by atoms with Crippen LogP contribution in [0, 0.1) is 0 Å². The summed E-state index contributed by atoms with van der Waals surface area (Å²) in [5.41, 5.74) is 1.21. The molecule has 0 unspecified atom stereocenters. The number of ketones is 1. The van der Waals surface area contributed by atoms with Crippen molar-refractivity contribution in [2.45, 2.75) is 38.3 Å². The van der Waals surface area contributed by atoms with E-state index >= 15 is 0 Å². The van der Waals surface area contributed by atoms with Gasteiger partial charge in [-0.2, -0.15) is 4.57 Å². The van der Waals surface area contributed by atoms with Crippen molar-refractivity contribution in [3.05, 3.63) is 66.0 Å². The van der Waals surface area contributed by atoms with Crippen LogP contribution < -0.4 is 4.57 Å². The molecule has 0 amide bonds. The maximum absolute atomic E-state index is 12.2. The molecule has 0 atom stereocenters. The van der Waals surface area contributed by atoms with Gasteiger partial charge in [-0.15, -0.1) is 0 Å². The van der Waals surface area contributed by atoms with E-state index in [1.54, 1.807) is 41.2 Å². The molecule has 4 heteroatoms. The average molecular weight is 310 g/mol. The number of benzene rings is 1. The first-order chi connectivity index (χ1) is 11.2. The van der Waals surface area contributed by atoms with Gasteiger partial charge < -0.3 is 4.74 Å². The molecular formula is C19H20NO3+. The quantitative estimate of drug-likeness (QED) is 0.484. The van der Waals surface area contributed by atoms with Gasteiger partial charge in [0.25, 0.3) is 0 Å². The lowest BCUT2D eigenvalue weighted by Crippen LogP contribution is -2.37. The highest BCUT2D eigenvalue weighted by molar-refractivity contribution is 5.95. The molecule has 0 radical (unpaired) electrons. The number of Topliss-reactive ketones (excluding diaryl/α,β-unsaturated/α-hetero) is 1. The normalized spacial score (nSPS) is 14.6. The minimum atomic E-state index is -0.279. The van der Waals surface area contributed by atoms with Crippen molar-refractivity contribution in [3.63, 3.8) is 0 Å². The number of carbonyl (C=O) groups excluding carboxylic acids is 2. The first-order valence-corrected chi connectivity index (χ1v) is 8.01. The topological polar surface area (TPSA) is 47.2 Å². The summed E-state index contributed by atoms with van der Waals surface area (Å²) in [5.74, 6) is -0.240. The highest BCUT2D eigenvalue weighted by atomic mass is 16.5. The molecule has 1 aromatic carbocycles. The van der Waals surface area contributed by atoms with Crippen molar-refractivity contribution in [2.24, 2.45) is 0 Å². The van der Waals surface area contributed by atoms with Gasteiger partial charge >= 0.3 is 5.97 Å². The summed E-state index contributed by atoms with van der Waals surface area (Å²) >= 11 is 0. The number of pyridine rings is 1. The van der Waals surface area contributed by atoms with Gasteiger partial charge in [0.05, 0.1) is 5.56 Å². The monoisotopic (exact) mass is 310 g/mol. The van der Waals surface area contributed by atoms with Gasteiger partial charge in [-0.3, -0.25) is 4.79 Å². The maximum atomic E-state index is 12.2. The van der Waals surface area contributed by atoms with Gasteiger partial charge in [-0.25, -0.2) is 4.79 Å². The molecule has 3 rings (SSSR count). The zero-order valence-corrected chi connectivity index (χ0v) is 13.0. The van der Waals surface area contributed by atoms with Crippen LogP contribution in [0.3, 0.4) is 0 Å². The van der Waals surface area contributed by atoms with Crippen LogP contribution in [-0.2, 0) is 11.3 Å². The van der Waals surface area contributed by atoms with Crippen LogP contribution >= 0.6 is 0 Å². The summed E-state index contributed by atoms with van der Waals surface area (Å²) in [6.45, 7) is 0.252. The van der Waals surface area contributed by atoms with Gasteiger partial charge in [0.1, 0.15) is 6.10 Å². The highest BCUT2D eigenvalue weighted by Gasteiger charge is 2.21. The Bertz CT molecular complexity index is 674. The largest absolute Gasteiger partial charge is 0.459 e. The van der Waals surface area contributed by atoms with Crippen molar-refractivity contribution in [3.8, 4) is 0 Å². The molecule has 0 aliphatic heterocycles. The third-order valence-electron chi connectivity index (χ3n) is 4.12. The van der Waals surface area contributed by atoms with Crippen LogP contribution in [-0.4, -0.2) is 17.9 Å². The minimum Gasteiger partial charge on any atom is -0.459 e. The van der Waals surface area contributed by atoms with Crippen molar-refractivity contribution >= 4 is 11.8 Å². The Morgan fingerprint density at radius 3 is 2.26 bits per heavy atom. The SMILES string of the molecule is O=C(C[n+]1ccc(C(=O)OC2CCCC2)cc1)c1ccccc1. The van der Waals surface area contributed by atoms with Gasteiger partial charge in [-0.05, 0) is 25.7 Å². The molecule has 0 N–H and O–H groups in total. The minimum absolute atomic E-state index is 0.0388. The van der Waals surface area contributed by atoms with Crippen LogP contribution in [0.5, 0.6) is 0 Å². The lowest BCUT2D eigenvalue weighted by molar-refractivity contribution is -0.683. The summed E-state index contributed by atoms with van der Waals surface area (Å²) in [4.78, 5) is 24.2. The summed E-state index contributed by atoms with van der Waals surface area (Å²) in [7, 11) is 0. The van der Waals surface area contributed by atoms with E-state index < -0.39 is 0 Å². The predicted octanol–water partition coefficient (Wildman–Crippen LogP) is 2.96. The molecule has 118 valence electrons. The third-order valence-corrected chi connectivity index (χ3v) is 4.12. The van der Waals surface area contributed by atoms with Crippen LogP contribution in [0.25, 0.3) is 0 Å². The number of hydrogen-bond donors (Lipinski definition) is 0. The number of ether oxygens (including phenoxy) is 1. The van der Waals surface area contributed by atoms with E-state index in [1.165, 1.54) is 0 Å². The van der Waals surface area contributed by atoms with Crippen LogP contribution in [0.4, 0.5) is 0 Å². The van der Waals surface area contributed by atoms with E-state index in [4.69, 9.17) is 4.74 Å². The van der Waals surface area contributed by atoms with E-state index in [9.17, 15) is 9.59 Å². The molecule has 2 aromatic rings. The molecular weight excluding hydrogens is 290 g/mol. The lowest BCUT2D eigenvalue weighted by Gasteiger charge is -2.10. The molecule has 23 heavy (non-hydrogen) atoms. The number of carbonyl (C=O) groups is 2. The average Bonchev–Trinajstić information content (AvgIpc) is 3.09. The third kappa shape index (κ3) is 4.03. The fraction of sp³-hybridized carbons (Fsp3) is 0.316. The number of aromatic nitrogens is 1.